The van der Waals surface area contributed by atoms with Gasteiger partial charge in [-0.3, -0.25) is 0 Å². The predicted molar refractivity (Wildman–Crippen MR) is 79.4 cm³/mol. The lowest BCUT2D eigenvalue weighted by Crippen LogP contribution is -2.32. The second-order valence-corrected chi connectivity index (χ2v) is 5.90. The number of nitrogens with zero attached hydrogens (tertiary/aromatic N) is 1. The van der Waals surface area contributed by atoms with Gasteiger partial charge in [0.2, 0.25) is 0 Å². The highest BCUT2D eigenvalue weighted by molar-refractivity contribution is 6.31. The molecule has 18 heavy (non-hydrogen) atoms. The molecule has 0 radical (unpaired) electrons. The van der Waals surface area contributed by atoms with E-state index in [9.17, 15) is 0 Å². The van der Waals surface area contributed by atoms with E-state index in [2.05, 4.69) is 42.3 Å². The maximum Gasteiger partial charge on any atom is 0.0471 e. The zero-order chi connectivity index (χ0) is 13.1. The Morgan fingerprint density at radius 3 is 2.61 bits per heavy atom. The number of hydrogen-bond donors (Lipinski definition) is 1. The van der Waals surface area contributed by atoms with Gasteiger partial charge in [-0.1, -0.05) is 17.7 Å². The summed E-state index contributed by atoms with van der Waals surface area (Å²) >= 11 is 6.34. The number of benzene rings is 1. The van der Waals surface area contributed by atoms with Gasteiger partial charge in [-0.25, -0.2) is 0 Å². The Morgan fingerprint density at radius 2 is 2.11 bits per heavy atom. The van der Waals surface area contributed by atoms with Gasteiger partial charge in [0.05, 0.1) is 0 Å². The fraction of sp³-hybridized carbons (Fsp3) is 0.600. The summed E-state index contributed by atoms with van der Waals surface area (Å²) in [7, 11) is 1.94. The zero-order valence-electron chi connectivity index (χ0n) is 11.5. The van der Waals surface area contributed by atoms with Crippen molar-refractivity contribution >= 4 is 17.3 Å². The Labute approximate surface area is 115 Å². The summed E-state index contributed by atoms with van der Waals surface area (Å²) in [5, 5.41) is 4.00. The highest BCUT2D eigenvalue weighted by Gasteiger charge is 2.25. The third-order valence-electron chi connectivity index (χ3n) is 3.51. The van der Waals surface area contributed by atoms with Crippen molar-refractivity contribution in [3.8, 4) is 0 Å². The number of nitrogens with one attached hydrogen (secondary N) is 1. The largest absolute Gasteiger partial charge is 0.369 e. The highest BCUT2D eigenvalue weighted by Crippen LogP contribution is 2.33. The summed E-state index contributed by atoms with van der Waals surface area (Å²) in [6.45, 7) is 6.48. The van der Waals surface area contributed by atoms with Crippen LogP contribution < -0.4 is 10.2 Å². The van der Waals surface area contributed by atoms with Crippen molar-refractivity contribution in [2.45, 2.75) is 39.3 Å². The topological polar surface area (TPSA) is 15.3 Å². The Morgan fingerprint density at radius 1 is 1.39 bits per heavy atom. The second kappa shape index (κ2) is 5.94. The van der Waals surface area contributed by atoms with Crippen LogP contribution in [0.4, 0.5) is 5.69 Å². The molecule has 0 aliphatic heterocycles. The van der Waals surface area contributed by atoms with Crippen LogP contribution in [0, 0.1) is 5.92 Å². The van der Waals surface area contributed by atoms with E-state index in [1.807, 2.05) is 7.05 Å². The van der Waals surface area contributed by atoms with Crippen LogP contribution in [0.2, 0.25) is 5.02 Å². The van der Waals surface area contributed by atoms with E-state index in [1.165, 1.54) is 25.1 Å². The van der Waals surface area contributed by atoms with Crippen LogP contribution in [0.15, 0.2) is 18.2 Å². The quantitative estimate of drug-likeness (QED) is 0.845. The van der Waals surface area contributed by atoms with Crippen molar-refractivity contribution < 1.29 is 0 Å². The van der Waals surface area contributed by atoms with Crippen molar-refractivity contribution in [2.75, 3.05) is 18.5 Å². The average molecular weight is 267 g/mol. The smallest absolute Gasteiger partial charge is 0.0471 e. The van der Waals surface area contributed by atoms with Crippen LogP contribution in [0.5, 0.6) is 0 Å². The van der Waals surface area contributed by atoms with Gasteiger partial charge in [0.25, 0.3) is 0 Å². The first kappa shape index (κ1) is 13.7. The van der Waals surface area contributed by atoms with Crippen molar-refractivity contribution in [1.29, 1.82) is 0 Å². The molecule has 0 saturated heterocycles. The number of hydrogen-bond acceptors (Lipinski definition) is 2. The molecule has 1 saturated carbocycles. The Bertz CT molecular complexity index is 399. The van der Waals surface area contributed by atoms with Gasteiger partial charge in [-0.05, 0) is 57.4 Å². The summed E-state index contributed by atoms with van der Waals surface area (Å²) in [5.41, 5.74) is 2.42. The first-order valence-corrected chi connectivity index (χ1v) is 7.19. The molecule has 1 aliphatic carbocycles. The molecule has 3 heteroatoms. The molecule has 0 amide bonds. The average Bonchev–Trinajstić information content (AvgIpc) is 3.12. The molecule has 0 spiro atoms. The monoisotopic (exact) mass is 266 g/mol. The van der Waals surface area contributed by atoms with Gasteiger partial charge in [-0.2, -0.15) is 0 Å². The van der Waals surface area contributed by atoms with Crippen molar-refractivity contribution in [3.05, 3.63) is 28.8 Å². The van der Waals surface area contributed by atoms with E-state index in [0.29, 0.717) is 6.04 Å². The maximum atomic E-state index is 6.34. The minimum Gasteiger partial charge on any atom is -0.369 e. The van der Waals surface area contributed by atoms with Crippen LogP contribution in [0.1, 0.15) is 32.3 Å². The number of halogens is 1. The molecule has 1 aliphatic rings. The van der Waals surface area contributed by atoms with Crippen LogP contribution in [0.3, 0.4) is 0 Å². The van der Waals surface area contributed by atoms with E-state index in [-0.39, 0.29) is 0 Å². The number of anilines is 1. The fourth-order valence-electron chi connectivity index (χ4n) is 2.24. The van der Waals surface area contributed by atoms with Crippen LogP contribution in [0.25, 0.3) is 0 Å². The lowest BCUT2D eigenvalue weighted by Gasteiger charge is -2.29. The molecule has 0 bridgehead atoms. The Kier molecular flexibility index (Phi) is 4.52. The van der Waals surface area contributed by atoms with Gasteiger partial charge in [0, 0.05) is 29.8 Å². The van der Waals surface area contributed by atoms with E-state index in [4.69, 9.17) is 11.6 Å². The maximum absolute atomic E-state index is 6.34. The molecule has 2 nitrogen and oxygen atoms in total. The molecule has 2 rings (SSSR count). The summed E-state index contributed by atoms with van der Waals surface area (Å²) in [6, 6.07) is 6.96. The SMILES string of the molecule is CNCc1ccc(N(CC2CC2)C(C)C)cc1Cl. The summed E-state index contributed by atoms with van der Waals surface area (Å²) in [4.78, 5) is 2.46. The first-order chi connectivity index (χ1) is 8.61. The van der Waals surface area contributed by atoms with Gasteiger partial charge in [0.15, 0.2) is 0 Å². The van der Waals surface area contributed by atoms with Crippen molar-refractivity contribution in [3.63, 3.8) is 0 Å². The first-order valence-electron chi connectivity index (χ1n) is 6.81. The molecule has 1 fully saturated rings. The van der Waals surface area contributed by atoms with Gasteiger partial charge in [0.1, 0.15) is 0 Å². The van der Waals surface area contributed by atoms with E-state index < -0.39 is 0 Å². The molecular formula is C15H23ClN2. The second-order valence-electron chi connectivity index (χ2n) is 5.50. The number of rotatable bonds is 6. The lowest BCUT2D eigenvalue weighted by molar-refractivity contribution is 0.644. The van der Waals surface area contributed by atoms with Gasteiger partial charge < -0.3 is 10.2 Å². The van der Waals surface area contributed by atoms with Crippen LogP contribution >= 0.6 is 11.6 Å². The van der Waals surface area contributed by atoms with Gasteiger partial charge >= 0.3 is 0 Å². The van der Waals surface area contributed by atoms with E-state index in [1.54, 1.807) is 0 Å². The van der Waals surface area contributed by atoms with E-state index >= 15 is 0 Å². The lowest BCUT2D eigenvalue weighted by atomic mass is 10.1. The normalized spacial score (nSPS) is 15.2. The van der Waals surface area contributed by atoms with Gasteiger partial charge in [-0.15, -0.1) is 0 Å². The van der Waals surface area contributed by atoms with Crippen molar-refractivity contribution in [2.24, 2.45) is 5.92 Å². The summed E-state index contributed by atoms with van der Waals surface area (Å²) in [6.07, 6.45) is 2.77. The minimum atomic E-state index is 0.525. The third kappa shape index (κ3) is 3.39. The van der Waals surface area contributed by atoms with Crippen LogP contribution in [-0.4, -0.2) is 19.6 Å². The fourth-order valence-corrected chi connectivity index (χ4v) is 2.48. The van der Waals surface area contributed by atoms with Crippen LogP contribution in [-0.2, 0) is 6.54 Å². The minimum absolute atomic E-state index is 0.525. The standard InChI is InChI=1S/C15H23ClN2/c1-11(2)18(10-12-4-5-12)14-7-6-13(9-17-3)15(16)8-14/h6-8,11-12,17H,4-5,9-10H2,1-3H3. The summed E-state index contributed by atoms with van der Waals surface area (Å²) in [5.74, 6) is 0.892. The third-order valence-corrected chi connectivity index (χ3v) is 3.86. The molecule has 0 heterocycles. The highest BCUT2D eigenvalue weighted by atomic mass is 35.5. The molecule has 100 valence electrons. The molecule has 1 N–H and O–H groups in total. The molecule has 0 atom stereocenters. The predicted octanol–water partition coefficient (Wildman–Crippen LogP) is 3.68. The molecule has 1 aromatic carbocycles. The molecule has 0 unspecified atom stereocenters. The van der Waals surface area contributed by atoms with E-state index in [0.717, 1.165) is 23.0 Å². The zero-order valence-corrected chi connectivity index (χ0v) is 12.3. The summed E-state index contributed by atoms with van der Waals surface area (Å²) < 4.78 is 0. The Balaban J connectivity index is 2.16. The molecule has 0 aromatic heterocycles. The molecule has 1 aromatic rings. The van der Waals surface area contributed by atoms with Crippen molar-refractivity contribution in [1.82, 2.24) is 5.32 Å². The molecular weight excluding hydrogens is 244 g/mol. The Hall–Kier alpha value is -0.730.